The minimum atomic E-state index is -0.441. The highest BCUT2D eigenvalue weighted by Crippen LogP contribution is 2.24. The van der Waals surface area contributed by atoms with Crippen LogP contribution in [0, 0.1) is 0 Å². The van der Waals surface area contributed by atoms with E-state index in [1.807, 2.05) is 24.3 Å². The predicted molar refractivity (Wildman–Crippen MR) is 92.0 cm³/mol. The molecule has 24 heavy (non-hydrogen) atoms. The molecule has 0 aliphatic carbocycles. The molecule has 3 N–H and O–H groups in total. The van der Waals surface area contributed by atoms with E-state index in [1.54, 1.807) is 0 Å². The fourth-order valence-corrected chi connectivity index (χ4v) is 3.50. The number of hydrogen-bond acceptors (Lipinski definition) is 5. The van der Waals surface area contributed by atoms with Gasteiger partial charge in [0.1, 0.15) is 0 Å². The first-order chi connectivity index (χ1) is 11.6. The maximum atomic E-state index is 12.3. The van der Waals surface area contributed by atoms with Crippen LogP contribution in [0.3, 0.4) is 0 Å². The third kappa shape index (κ3) is 4.46. The molecule has 6 nitrogen and oxygen atoms in total. The monoisotopic (exact) mass is 353 g/mol. The molecule has 0 radical (unpaired) electrons. The fraction of sp³-hybridized carbons (Fsp3) is 0.588. The van der Waals surface area contributed by atoms with E-state index in [0.29, 0.717) is 37.7 Å². The Balaban J connectivity index is 1.66. The molecule has 2 heterocycles. The first kappa shape index (κ1) is 17.6. The largest absolute Gasteiger partial charge is 0.392 e. The summed E-state index contributed by atoms with van der Waals surface area (Å²) in [5.41, 5.74) is 1.09. The second kappa shape index (κ2) is 8.27. The van der Waals surface area contributed by atoms with Crippen LogP contribution in [0.4, 0.5) is 0 Å². The highest BCUT2D eigenvalue weighted by molar-refractivity contribution is 6.30. The molecule has 0 saturated carbocycles. The van der Waals surface area contributed by atoms with Crippen molar-refractivity contribution < 1.29 is 14.6 Å². The molecule has 0 aromatic heterocycles. The lowest BCUT2D eigenvalue weighted by atomic mass is 10.0. The van der Waals surface area contributed by atoms with Crippen molar-refractivity contribution in [1.29, 1.82) is 0 Å². The Morgan fingerprint density at radius 1 is 1.46 bits per heavy atom. The smallest absolute Gasteiger partial charge is 0.237 e. The number of morpholine rings is 1. The van der Waals surface area contributed by atoms with Crippen molar-refractivity contribution in [3.8, 4) is 0 Å². The summed E-state index contributed by atoms with van der Waals surface area (Å²) in [7, 11) is 0. The number of benzene rings is 1. The van der Waals surface area contributed by atoms with Gasteiger partial charge in [0.05, 0.1) is 31.4 Å². The summed E-state index contributed by atoms with van der Waals surface area (Å²) in [5.74, 6) is -0.0631. The Hall–Kier alpha value is -1.18. The van der Waals surface area contributed by atoms with Crippen LogP contribution in [0.15, 0.2) is 24.3 Å². The molecule has 0 bridgehead atoms. The van der Waals surface area contributed by atoms with E-state index in [4.69, 9.17) is 16.3 Å². The van der Waals surface area contributed by atoms with Crippen molar-refractivity contribution >= 4 is 17.5 Å². The van der Waals surface area contributed by atoms with Gasteiger partial charge in [-0.05, 0) is 24.1 Å². The van der Waals surface area contributed by atoms with Gasteiger partial charge in [0.25, 0.3) is 0 Å². The molecule has 132 valence electrons. The number of ether oxygens (including phenoxy) is 1. The fourth-order valence-electron chi connectivity index (χ4n) is 3.30. The molecule has 1 aromatic rings. The van der Waals surface area contributed by atoms with E-state index in [1.165, 1.54) is 0 Å². The summed E-state index contributed by atoms with van der Waals surface area (Å²) in [5, 5.41) is 16.3. The molecule has 0 spiro atoms. The third-order valence-electron chi connectivity index (χ3n) is 4.61. The second-order valence-corrected chi connectivity index (χ2v) is 6.75. The van der Waals surface area contributed by atoms with E-state index in [0.717, 1.165) is 18.7 Å². The van der Waals surface area contributed by atoms with Gasteiger partial charge < -0.3 is 20.5 Å². The van der Waals surface area contributed by atoms with Crippen LogP contribution in [-0.4, -0.2) is 67.5 Å². The molecule has 2 aliphatic heterocycles. The number of amides is 1. The molecule has 7 heteroatoms. The molecule has 3 atom stereocenters. The summed E-state index contributed by atoms with van der Waals surface area (Å²) in [6.45, 7) is 4.02. The normalized spacial score (nSPS) is 26.2. The molecule has 1 amide bonds. The van der Waals surface area contributed by atoms with Crippen LogP contribution < -0.4 is 10.6 Å². The quantitative estimate of drug-likeness (QED) is 0.721. The minimum Gasteiger partial charge on any atom is -0.392 e. The number of halogens is 1. The Kier molecular flexibility index (Phi) is 6.08. The lowest BCUT2D eigenvalue weighted by Gasteiger charge is -2.35. The zero-order valence-electron chi connectivity index (χ0n) is 13.6. The van der Waals surface area contributed by atoms with E-state index in [9.17, 15) is 9.90 Å². The van der Waals surface area contributed by atoms with E-state index in [2.05, 4.69) is 15.5 Å². The number of nitrogens with one attached hydrogen (secondary N) is 2. The molecule has 2 saturated heterocycles. The van der Waals surface area contributed by atoms with E-state index in [-0.39, 0.29) is 18.0 Å². The Labute approximate surface area is 147 Å². The summed E-state index contributed by atoms with van der Waals surface area (Å²) >= 11 is 6.14. The van der Waals surface area contributed by atoms with E-state index >= 15 is 0 Å². The highest BCUT2D eigenvalue weighted by Gasteiger charge is 2.29. The number of carbonyl (C=O) groups excluding carboxylic acids is 1. The zero-order valence-corrected chi connectivity index (χ0v) is 14.3. The van der Waals surface area contributed by atoms with Gasteiger partial charge in [0, 0.05) is 31.2 Å². The third-order valence-corrected chi connectivity index (χ3v) is 4.85. The van der Waals surface area contributed by atoms with Gasteiger partial charge in [-0.3, -0.25) is 9.69 Å². The molecular weight excluding hydrogens is 330 g/mol. The Bertz CT molecular complexity index is 566. The van der Waals surface area contributed by atoms with Gasteiger partial charge in [-0.15, -0.1) is 0 Å². The number of rotatable bonds is 5. The summed E-state index contributed by atoms with van der Waals surface area (Å²) in [6, 6.07) is 7.51. The molecule has 0 unspecified atom stereocenters. The first-order valence-electron chi connectivity index (χ1n) is 8.40. The van der Waals surface area contributed by atoms with Crippen molar-refractivity contribution in [1.82, 2.24) is 15.5 Å². The van der Waals surface area contributed by atoms with Gasteiger partial charge in [-0.25, -0.2) is 0 Å². The second-order valence-electron chi connectivity index (χ2n) is 6.31. The van der Waals surface area contributed by atoms with Gasteiger partial charge in [-0.1, -0.05) is 23.7 Å². The van der Waals surface area contributed by atoms with Gasteiger partial charge in [-0.2, -0.15) is 0 Å². The van der Waals surface area contributed by atoms with Crippen molar-refractivity contribution in [3.63, 3.8) is 0 Å². The number of nitrogens with zero attached hydrogens (tertiary/aromatic N) is 1. The lowest BCUT2D eigenvalue weighted by molar-refractivity contribution is -0.123. The molecule has 1 aromatic carbocycles. The van der Waals surface area contributed by atoms with Gasteiger partial charge in [0.15, 0.2) is 0 Å². The topological polar surface area (TPSA) is 73.8 Å². The number of aliphatic hydroxyl groups is 1. The standard InChI is InChI=1S/C17H24ClN3O3/c18-13-3-1-2-12(8-13)16(21-4-6-24-7-5-21)11-20-17(23)15-9-14(22)10-19-15/h1-3,8,14-16,19,22H,4-7,9-11H2,(H,20,23)/t14-,15+,16-/m1/s1. The van der Waals surface area contributed by atoms with Crippen LogP contribution in [-0.2, 0) is 9.53 Å². The molecule has 3 rings (SSSR count). The Morgan fingerprint density at radius 3 is 2.92 bits per heavy atom. The number of β-amino-alcohol motifs (C(OH)–C–C–N with tert-alkyl or cyclic N) is 1. The summed E-state index contributed by atoms with van der Waals surface area (Å²) in [6.07, 6.45) is 0.0225. The van der Waals surface area contributed by atoms with Crippen LogP contribution in [0.5, 0.6) is 0 Å². The number of carbonyl (C=O) groups is 1. The number of hydrogen-bond donors (Lipinski definition) is 3. The maximum Gasteiger partial charge on any atom is 0.237 e. The van der Waals surface area contributed by atoms with E-state index < -0.39 is 6.10 Å². The van der Waals surface area contributed by atoms with Crippen molar-refractivity contribution in [2.75, 3.05) is 39.4 Å². The number of aliphatic hydroxyl groups excluding tert-OH is 1. The minimum absolute atomic E-state index is 0.0582. The first-order valence-corrected chi connectivity index (χ1v) is 8.77. The van der Waals surface area contributed by atoms with Crippen LogP contribution in [0.2, 0.25) is 5.02 Å². The molecule has 2 fully saturated rings. The molecule has 2 aliphatic rings. The Morgan fingerprint density at radius 2 is 2.25 bits per heavy atom. The van der Waals surface area contributed by atoms with Gasteiger partial charge >= 0.3 is 0 Å². The van der Waals surface area contributed by atoms with Crippen molar-refractivity contribution in [2.45, 2.75) is 24.6 Å². The van der Waals surface area contributed by atoms with Crippen LogP contribution in [0.1, 0.15) is 18.0 Å². The maximum absolute atomic E-state index is 12.3. The van der Waals surface area contributed by atoms with Gasteiger partial charge in [0.2, 0.25) is 5.91 Å². The van der Waals surface area contributed by atoms with Crippen LogP contribution >= 0.6 is 11.6 Å². The van der Waals surface area contributed by atoms with Crippen molar-refractivity contribution in [2.24, 2.45) is 0 Å². The van der Waals surface area contributed by atoms with Crippen LogP contribution in [0.25, 0.3) is 0 Å². The SMILES string of the molecule is O=C(NC[C@H](c1cccc(Cl)c1)N1CCOCC1)[C@@H]1C[C@@H](O)CN1. The average Bonchev–Trinajstić information content (AvgIpc) is 3.02. The zero-order chi connectivity index (χ0) is 16.9. The molecular formula is C17H24ClN3O3. The average molecular weight is 354 g/mol. The summed E-state index contributed by atoms with van der Waals surface area (Å²) < 4.78 is 5.44. The lowest BCUT2D eigenvalue weighted by Crippen LogP contribution is -2.47. The highest BCUT2D eigenvalue weighted by atomic mass is 35.5. The summed E-state index contributed by atoms with van der Waals surface area (Å²) in [4.78, 5) is 14.6. The van der Waals surface area contributed by atoms with Crippen molar-refractivity contribution in [3.05, 3.63) is 34.9 Å². The predicted octanol–water partition coefficient (Wildman–Crippen LogP) is 0.552.